The molecule has 0 spiro atoms. The Bertz CT molecular complexity index is 825. The predicted octanol–water partition coefficient (Wildman–Crippen LogP) is 4.94. The Balaban J connectivity index is 1.95. The number of nitrogens with one attached hydrogen (secondary N) is 1. The molecule has 1 aliphatic carbocycles. The zero-order valence-corrected chi connectivity index (χ0v) is 18.0. The zero-order chi connectivity index (χ0) is 20.8. The van der Waals surface area contributed by atoms with Gasteiger partial charge in [0.25, 0.3) is 0 Å². The lowest BCUT2D eigenvalue weighted by atomic mass is 9.85. The summed E-state index contributed by atoms with van der Waals surface area (Å²) in [5, 5.41) is 3.60. The number of amides is 2. The lowest BCUT2D eigenvalue weighted by Crippen LogP contribution is -2.49. The number of carbonyl (C=O) groups excluding carboxylic acids is 2. The lowest BCUT2D eigenvalue weighted by Gasteiger charge is -2.35. The molecule has 2 amide bonds. The molecule has 3 rings (SSSR count). The third kappa shape index (κ3) is 5.34. The molecule has 29 heavy (non-hydrogen) atoms. The highest BCUT2D eigenvalue weighted by molar-refractivity contribution is 6.31. The normalized spacial score (nSPS) is 20.1. The van der Waals surface area contributed by atoms with Crippen molar-refractivity contribution in [3.8, 4) is 0 Å². The number of nitrogens with zero attached hydrogens (tertiary/aromatic N) is 1. The Labute approximate surface area is 181 Å². The zero-order valence-electron chi connectivity index (χ0n) is 16.4. The molecule has 2 aromatic rings. The molecule has 0 bridgehead atoms. The number of furan rings is 1. The Morgan fingerprint density at radius 3 is 2.62 bits per heavy atom. The molecule has 0 unspecified atom stereocenters. The van der Waals surface area contributed by atoms with Crippen molar-refractivity contribution in [2.45, 2.75) is 51.2 Å². The average Bonchev–Trinajstić information content (AvgIpc) is 3.23. The van der Waals surface area contributed by atoms with Crippen LogP contribution in [0.4, 0.5) is 0 Å². The topological polar surface area (TPSA) is 62.6 Å². The van der Waals surface area contributed by atoms with E-state index in [2.05, 4.69) is 12.2 Å². The summed E-state index contributed by atoms with van der Waals surface area (Å²) in [5.74, 6) is 0.109. The van der Waals surface area contributed by atoms with Gasteiger partial charge in [-0.15, -0.1) is 11.6 Å². The minimum absolute atomic E-state index is 0.0813. The maximum Gasteiger partial charge on any atom is 0.247 e. The molecule has 156 valence electrons. The predicted molar refractivity (Wildman–Crippen MR) is 114 cm³/mol. The van der Waals surface area contributed by atoms with Crippen LogP contribution < -0.4 is 5.32 Å². The number of rotatable bonds is 7. The van der Waals surface area contributed by atoms with Crippen LogP contribution in [0, 0.1) is 5.92 Å². The van der Waals surface area contributed by atoms with Gasteiger partial charge in [-0.3, -0.25) is 9.59 Å². The van der Waals surface area contributed by atoms with E-state index in [0.29, 0.717) is 22.3 Å². The van der Waals surface area contributed by atoms with E-state index in [1.807, 2.05) is 0 Å². The molecule has 1 aromatic heterocycles. The van der Waals surface area contributed by atoms with Crippen LogP contribution in [0.25, 0.3) is 0 Å². The van der Waals surface area contributed by atoms with Crippen molar-refractivity contribution >= 4 is 35.0 Å². The third-order valence-electron chi connectivity index (χ3n) is 5.54. The molecular weight excluding hydrogens is 411 g/mol. The molecule has 1 fully saturated rings. The van der Waals surface area contributed by atoms with Gasteiger partial charge in [0.05, 0.1) is 12.8 Å². The highest BCUT2D eigenvalue weighted by Crippen LogP contribution is 2.31. The lowest BCUT2D eigenvalue weighted by molar-refractivity contribution is -0.140. The number of benzene rings is 1. The molecule has 1 aromatic carbocycles. The van der Waals surface area contributed by atoms with E-state index < -0.39 is 6.04 Å². The summed E-state index contributed by atoms with van der Waals surface area (Å²) in [5.41, 5.74) is 0.570. The number of alkyl halides is 1. The average molecular weight is 437 g/mol. The van der Waals surface area contributed by atoms with Gasteiger partial charge in [0, 0.05) is 16.6 Å². The van der Waals surface area contributed by atoms with E-state index in [4.69, 9.17) is 27.6 Å². The fourth-order valence-corrected chi connectivity index (χ4v) is 4.30. The van der Waals surface area contributed by atoms with Gasteiger partial charge in [0.1, 0.15) is 17.7 Å². The standard InChI is InChI=1S/C22H26Cl2N2O3/c1-15-7-2-5-11-19(15)25-22(28)21(17-9-3-4-10-18(17)24)26(20(27)13-23)14-16-8-6-12-29-16/h3-4,6,8-10,12,15,19,21H,2,5,7,11,13-14H2,1H3,(H,25,28)/t15-,19-,21-/m1/s1. The summed E-state index contributed by atoms with van der Waals surface area (Å²) in [7, 11) is 0. The molecule has 0 radical (unpaired) electrons. The van der Waals surface area contributed by atoms with Crippen molar-refractivity contribution in [2.24, 2.45) is 5.92 Å². The molecule has 1 saturated carbocycles. The van der Waals surface area contributed by atoms with Crippen LogP contribution in [0.2, 0.25) is 5.02 Å². The first kappa shape index (κ1) is 21.7. The third-order valence-corrected chi connectivity index (χ3v) is 6.11. The second kappa shape index (κ2) is 10.2. The van der Waals surface area contributed by atoms with Crippen LogP contribution in [0.15, 0.2) is 47.1 Å². The van der Waals surface area contributed by atoms with Crippen molar-refractivity contribution in [3.05, 3.63) is 59.0 Å². The van der Waals surface area contributed by atoms with E-state index >= 15 is 0 Å². The Morgan fingerprint density at radius 1 is 1.21 bits per heavy atom. The molecule has 0 saturated heterocycles. The van der Waals surface area contributed by atoms with E-state index in [0.717, 1.165) is 19.3 Å². The largest absolute Gasteiger partial charge is 0.467 e. The molecular formula is C22H26Cl2N2O3. The van der Waals surface area contributed by atoms with Gasteiger partial charge < -0.3 is 14.6 Å². The minimum atomic E-state index is -0.894. The smallest absolute Gasteiger partial charge is 0.247 e. The second-order valence-electron chi connectivity index (χ2n) is 7.54. The van der Waals surface area contributed by atoms with Gasteiger partial charge in [-0.05, 0) is 37.0 Å². The van der Waals surface area contributed by atoms with Crippen LogP contribution in [0.1, 0.15) is 50.0 Å². The van der Waals surface area contributed by atoms with Crippen LogP contribution in [0.5, 0.6) is 0 Å². The van der Waals surface area contributed by atoms with Gasteiger partial charge >= 0.3 is 0 Å². The molecule has 1 N–H and O–H groups in total. The molecule has 1 aliphatic rings. The van der Waals surface area contributed by atoms with Gasteiger partial charge in [0.15, 0.2) is 0 Å². The van der Waals surface area contributed by atoms with E-state index in [9.17, 15) is 9.59 Å². The molecule has 3 atom stereocenters. The molecule has 1 heterocycles. The summed E-state index contributed by atoms with van der Waals surface area (Å²) >= 11 is 12.3. The first-order valence-electron chi connectivity index (χ1n) is 9.94. The van der Waals surface area contributed by atoms with Gasteiger partial charge in [-0.1, -0.05) is 49.6 Å². The van der Waals surface area contributed by atoms with Crippen LogP contribution in [-0.4, -0.2) is 28.6 Å². The summed E-state index contributed by atoms with van der Waals surface area (Å²) in [6.07, 6.45) is 5.81. The second-order valence-corrected chi connectivity index (χ2v) is 8.21. The summed E-state index contributed by atoms with van der Waals surface area (Å²) in [4.78, 5) is 27.7. The van der Waals surface area contributed by atoms with Crippen molar-refractivity contribution in [1.82, 2.24) is 10.2 Å². The van der Waals surface area contributed by atoms with Crippen molar-refractivity contribution in [1.29, 1.82) is 0 Å². The van der Waals surface area contributed by atoms with E-state index in [1.165, 1.54) is 17.6 Å². The van der Waals surface area contributed by atoms with Crippen molar-refractivity contribution in [2.75, 3.05) is 5.88 Å². The number of carbonyl (C=O) groups is 2. The highest BCUT2D eigenvalue weighted by atomic mass is 35.5. The van der Waals surface area contributed by atoms with Gasteiger partial charge in [0.2, 0.25) is 11.8 Å². The maximum atomic E-state index is 13.5. The van der Waals surface area contributed by atoms with Crippen LogP contribution in [0.3, 0.4) is 0 Å². The molecule has 7 heteroatoms. The van der Waals surface area contributed by atoms with Crippen molar-refractivity contribution < 1.29 is 14.0 Å². The quantitative estimate of drug-likeness (QED) is 0.625. The van der Waals surface area contributed by atoms with E-state index in [1.54, 1.807) is 36.4 Å². The van der Waals surface area contributed by atoms with Gasteiger partial charge in [-0.2, -0.15) is 0 Å². The monoisotopic (exact) mass is 436 g/mol. The molecule has 5 nitrogen and oxygen atoms in total. The number of hydrogen-bond donors (Lipinski definition) is 1. The maximum absolute atomic E-state index is 13.5. The van der Waals surface area contributed by atoms with Crippen molar-refractivity contribution in [3.63, 3.8) is 0 Å². The summed E-state index contributed by atoms with van der Waals surface area (Å²) < 4.78 is 5.42. The van der Waals surface area contributed by atoms with Gasteiger partial charge in [-0.25, -0.2) is 0 Å². The fraction of sp³-hybridized carbons (Fsp3) is 0.455. The Hall–Kier alpha value is -1.98. The molecule has 0 aliphatic heterocycles. The fourth-order valence-electron chi connectivity index (χ4n) is 3.91. The number of hydrogen-bond acceptors (Lipinski definition) is 3. The van der Waals surface area contributed by atoms with Crippen LogP contribution >= 0.6 is 23.2 Å². The highest BCUT2D eigenvalue weighted by Gasteiger charge is 2.35. The minimum Gasteiger partial charge on any atom is -0.467 e. The Morgan fingerprint density at radius 2 is 1.97 bits per heavy atom. The first-order valence-corrected chi connectivity index (χ1v) is 10.8. The summed E-state index contributed by atoms with van der Waals surface area (Å²) in [6, 6.07) is 9.79. The van der Waals surface area contributed by atoms with Crippen LogP contribution in [-0.2, 0) is 16.1 Å². The summed E-state index contributed by atoms with van der Waals surface area (Å²) in [6.45, 7) is 2.28. The van der Waals surface area contributed by atoms with E-state index in [-0.39, 0.29) is 30.3 Å². The Kier molecular flexibility index (Phi) is 7.62. The SMILES string of the molecule is C[C@@H]1CCCC[C@H]1NC(=O)[C@@H](c1ccccc1Cl)N(Cc1ccco1)C(=O)CCl. The number of halogens is 2. The first-order chi connectivity index (χ1) is 14.0.